The number of aromatic nitrogens is 1. The molecule has 0 spiro atoms. The second-order valence-electron chi connectivity index (χ2n) is 6.00. The first-order chi connectivity index (χ1) is 12.2. The van der Waals surface area contributed by atoms with Crippen molar-refractivity contribution in [3.8, 4) is 0 Å². The molecule has 0 saturated carbocycles. The number of amides is 3. The number of urea groups is 1. The summed E-state index contributed by atoms with van der Waals surface area (Å²) < 4.78 is 0. The number of rotatable bonds is 6. The number of nitrogens with one attached hydrogen (secondary N) is 2. The Bertz CT molecular complexity index is 733. The summed E-state index contributed by atoms with van der Waals surface area (Å²) in [6.45, 7) is 1.65. The van der Waals surface area contributed by atoms with E-state index in [4.69, 9.17) is 0 Å². The second kappa shape index (κ2) is 8.28. The van der Waals surface area contributed by atoms with Crippen LogP contribution in [0.5, 0.6) is 0 Å². The number of anilines is 1. The minimum absolute atomic E-state index is 0.113. The molecule has 6 nitrogen and oxygen atoms in total. The van der Waals surface area contributed by atoms with Crippen LogP contribution < -0.4 is 15.5 Å². The van der Waals surface area contributed by atoms with Crippen molar-refractivity contribution in [3.05, 3.63) is 59.9 Å². The van der Waals surface area contributed by atoms with Crippen molar-refractivity contribution in [3.63, 3.8) is 0 Å². The molecule has 25 heavy (non-hydrogen) atoms. The summed E-state index contributed by atoms with van der Waals surface area (Å²) in [6.07, 6.45) is 5.37. The van der Waals surface area contributed by atoms with Crippen LogP contribution in [0.3, 0.4) is 0 Å². The molecule has 130 valence electrons. The predicted molar refractivity (Wildman–Crippen MR) is 96.2 cm³/mol. The van der Waals surface area contributed by atoms with E-state index in [1.165, 1.54) is 5.56 Å². The summed E-state index contributed by atoms with van der Waals surface area (Å²) in [6, 6.07) is 11.5. The van der Waals surface area contributed by atoms with Gasteiger partial charge in [-0.1, -0.05) is 24.3 Å². The number of benzene rings is 1. The lowest BCUT2D eigenvalue weighted by Crippen LogP contribution is -2.36. The van der Waals surface area contributed by atoms with E-state index < -0.39 is 0 Å². The van der Waals surface area contributed by atoms with E-state index >= 15 is 0 Å². The lowest BCUT2D eigenvalue weighted by Gasteiger charge is -2.17. The van der Waals surface area contributed by atoms with Crippen molar-refractivity contribution in [2.75, 3.05) is 18.0 Å². The number of nitrogens with zero attached hydrogens (tertiary/aromatic N) is 2. The highest BCUT2D eigenvalue weighted by atomic mass is 16.2. The van der Waals surface area contributed by atoms with Crippen LogP contribution in [0.1, 0.15) is 24.0 Å². The third-order valence-electron chi connectivity index (χ3n) is 4.22. The standard InChI is InChI=1S/C19H22N4O2/c24-18(23-12-9-16-6-1-2-7-17(16)23)8-4-11-21-19(25)22-14-15-5-3-10-20-13-15/h1-3,5-7,10,13H,4,8-9,11-12,14H2,(H2,21,22,25). The molecule has 1 aromatic heterocycles. The van der Waals surface area contributed by atoms with Gasteiger partial charge in [0.15, 0.2) is 0 Å². The molecule has 6 heteroatoms. The highest BCUT2D eigenvalue weighted by Gasteiger charge is 2.23. The highest BCUT2D eigenvalue weighted by Crippen LogP contribution is 2.27. The Balaban J connectivity index is 1.34. The highest BCUT2D eigenvalue weighted by molar-refractivity contribution is 5.95. The molecule has 3 rings (SSSR count). The summed E-state index contributed by atoms with van der Waals surface area (Å²) in [5.74, 6) is 0.113. The number of carbonyl (C=O) groups is 2. The molecule has 0 radical (unpaired) electrons. The lowest BCUT2D eigenvalue weighted by molar-refractivity contribution is -0.118. The fourth-order valence-electron chi connectivity index (χ4n) is 2.92. The molecule has 2 N–H and O–H groups in total. The van der Waals surface area contributed by atoms with Crippen LogP contribution in [0.25, 0.3) is 0 Å². The van der Waals surface area contributed by atoms with E-state index in [0.29, 0.717) is 25.9 Å². The molecule has 3 amide bonds. The van der Waals surface area contributed by atoms with Crippen molar-refractivity contribution >= 4 is 17.6 Å². The monoisotopic (exact) mass is 338 g/mol. The van der Waals surface area contributed by atoms with Gasteiger partial charge in [-0.15, -0.1) is 0 Å². The van der Waals surface area contributed by atoms with Crippen LogP contribution in [0.2, 0.25) is 0 Å². The summed E-state index contributed by atoms with van der Waals surface area (Å²) in [4.78, 5) is 29.9. The smallest absolute Gasteiger partial charge is 0.315 e. The van der Waals surface area contributed by atoms with Gasteiger partial charge in [-0.3, -0.25) is 9.78 Å². The van der Waals surface area contributed by atoms with E-state index in [1.54, 1.807) is 12.4 Å². The Morgan fingerprint density at radius 1 is 1.12 bits per heavy atom. The molecule has 1 aliphatic rings. The minimum atomic E-state index is -0.233. The fraction of sp³-hybridized carbons (Fsp3) is 0.316. The Morgan fingerprint density at radius 3 is 2.84 bits per heavy atom. The Hall–Kier alpha value is -2.89. The molecule has 0 fully saturated rings. The van der Waals surface area contributed by atoms with Crippen molar-refractivity contribution in [2.45, 2.75) is 25.8 Å². The lowest BCUT2D eigenvalue weighted by atomic mass is 10.2. The Morgan fingerprint density at radius 2 is 2.00 bits per heavy atom. The van der Waals surface area contributed by atoms with E-state index in [2.05, 4.69) is 21.7 Å². The maximum absolute atomic E-state index is 12.4. The summed E-state index contributed by atoms with van der Waals surface area (Å²) in [5.41, 5.74) is 3.19. The van der Waals surface area contributed by atoms with Gasteiger partial charge in [0.25, 0.3) is 0 Å². The molecule has 0 atom stereocenters. The zero-order valence-corrected chi connectivity index (χ0v) is 14.1. The largest absolute Gasteiger partial charge is 0.338 e. The van der Waals surface area contributed by atoms with E-state index in [-0.39, 0.29) is 11.9 Å². The molecular formula is C19H22N4O2. The molecule has 0 bridgehead atoms. The van der Waals surface area contributed by atoms with Gasteiger partial charge in [0, 0.05) is 44.1 Å². The van der Waals surface area contributed by atoms with E-state index in [0.717, 1.165) is 24.2 Å². The van der Waals surface area contributed by atoms with Crippen molar-refractivity contribution in [2.24, 2.45) is 0 Å². The summed E-state index contributed by atoms with van der Waals surface area (Å²) in [5, 5.41) is 5.55. The summed E-state index contributed by atoms with van der Waals surface area (Å²) >= 11 is 0. The average Bonchev–Trinajstić information content (AvgIpc) is 3.08. The van der Waals surface area contributed by atoms with Crippen LogP contribution in [0, 0.1) is 0 Å². The van der Waals surface area contributed by atoms with Gasteiger partial charge in [-0.25, -0.2) is 4.79 Å². The fourth-order valence-corrected chi connectivity index (χ4v) is 2.92. The first-order valence-corrected chi connectivity index (χ1v) is 8.53. The molecule has 0 saturated heterocycles. The minimum Gasteiger partial charge on any atom is -0.338 e. The summed E-state index contributed by atoms with van der Waals surface area (Å²) in [7, 11) is 0. The molecule has 1 aliphatic heterocycles. The van der Waals surface area contributed by atoms with Crippen LogP contribution in [0.15, 0.2) is 48.8 Å². The average molecular weight is 338 g/mol. The molecular weight excluding hydrogens is 316 g/mol. The first-order valence-electron chi connectivity index (χ1n) is 8.53. The SMILES string of the molecule is O=C(NCCCC(=O)N1CCc2ccccc21)NCc1cccnc1. The quantitative estimate of drug-likeness (QED) is 0.794. The molecule has 1 aromatic carbocycles. The predicted octanol–water partition coefficient (Wildman–Crippen LogP) is 2.25. The first kappa shape index (κ1) is 17.0. The third kappa shape index (κ3) is 4.56. The Labute approximate surface area is 147 Å². The van der Waals surface area contributed by atoms with E-state index in [9.17, 15) is 9.59 Å². The number of para-hydroxylation sites is 1. The van der Waals surface area contributed by atoms with Gasteiger partial charge >= 0.3 is 6.03 Å². The number of hydrogen-bond donors (Lipinski definition) is 2. The number of hydrogen-bond acceptors (Lipinski definition) is 3. The molecule has 0 aliphatic carbocycles. The molecule has 2 aromatic rings. The van der Waals surface area contributed by atoms with Crippen molar-refractivity contribution < 1.29 is 9.59 Å². The molecule has 0 unspecified atom stereocenters. The zero-order valence-electron chi connectivity index (χ0n) is 14.1. The molecule has 2 heterocycles. The van der Waals surface area contributed by atoms with Gasteiger partial charge in [0.1, 0.15) is 0 Å². The van der Waals surface area contributed by atoms with Crippen LogP contribution in [-0.4, -0.2) is 30.0 Å². The van der Waals surface area contributed by atoms with Crippen LogP contribution >= 0.6 is 0 Å². The van der Waals surface area contributed by atoms with Crippen molar-refractivity contribution in [1.82, 2.24) is 15.6 Å². The number of fused-ring (bicyclic) bond motifs is 1. The van der Waals surface area contributed by atoms with Crippen LogP contribution in [0.4, 0.5) is 10.5 Å². The number of carbonyl (C=O) groups excluding carboxylic acids is 2. The number of pyridine rings is 1. The third-order valence-corrected chi connectivity index (χ3v) is 4.22. The van der Waals surface area contributed by atoms with E-state index in [1.807, 2.05) is 35.2 Å². The maximum atomic E-state index is 12.4. The Kier molecular flexibility index (Phi) is 5.61. The van der Waals surface area contributed by atoms with Gasteiger partial charge < -0.3 is 15.5 Å². The normalized spacial score (nSPS) is 12.6. The van der Waals surface area contributed by atoms with Gasteiger partial charge in [-0.05, 0) is 36.1 Å². The van der Waals surface area contributed by atoms with Crippen LogP contribution in [-0.2, 0) is 17.8 Å². The zero-order chi connectivity index (χ0) is 17.5. The van der Waals surface area contributed by atoms with Gasteiger partial charge in [-0.2, -0.15) is 0 Å². The van der Waals surface area contributed by atoms with Crippen molar-refractivity contribution in [1.29, 1.82) is 0 Å². The topological polar surface area (TPSA) is 74.3 Å². The second-order valence-corrected chi connectivity index (χ2v) is 6.00. The maximum Gasteiger partial charge on any atom is 0.315 e. The van der Waals surface area contributed by atoms with Gasteiger partial charge in [0.05, 0.1) is 0 Å². The van der Waals surface area contributed by atoms with Gasteiger partial charge in [0.2, 0.25) is 5.91 Å².